The maximum atomic E-state index is 11.2. The molecule has 0 unspecified atom stereocenters. The molecule has 1 N–H and O–H groups in total. The normalized spacial score (nSPS) is 9.93. The van der Waals surface area contributed by atoms with Gasteiger partial charge in [-0.05, 0) is 12.8 Å². The molecule has 0 rings (SSSR count). The Morgan fingerprint density at radius 3 is 2.53 bits per heavy atom. The smallest absolute Gasteiger partial charge is 0.219 e. The zero-order chi connectivity index (χ0) is 11.4. The van der Waals surface area contributed by atoms with E-state index in [2.05, 4.69) is 12.2 Å². The maximum absolute atomic E-state index is 11.2. The van der Waals surface area contributed by atoms with E-state index < -0.39 is 0 Å². The van der Waals surface area contributed by atoms with E-state index in [0.29, 0.717) is 19.4 Å². The van der Waals surface area contributed by atoms with Gasteiger partial charge >= 0.3 is 0 Å². The molecule has 0 radical (unpaired) electrons. The molecule has 0 heterocycles. The Hall–Kier alpha value is -0.860. The lowest BCUT2D eigenvalue weighted by atomic mass is 10.1. The van der Waals surface area contributed by atoms with E-state index in [1.54, 1.807) is 0 Å². The zero-order valence-electron chi connectivity index (χ0n) is 9.76. The summed E-state index contributed by atoms with van der Waals surface area (Å²) in [6.07, 6.45) is 8.67. The van der Waals surface area contributed by atoms with Crippen LogP contribution in [0.1, 0.15) is 58.3 Å². The second kappa shape index (κ2) is 11.2. The largest absolute Gasteiger partial charge is 0.356 e. The monoisotopic (exact) mass is 213 g/mol. The highest BCUT2D eigenvalue weighted by Crippen LogP contribution is 2.04. The number of carbonyl (C=O) groups is 2. The fraction of sp³-hybridized carbons (Fsp3) is 0.833. The van der Waals surface area contributed by atoms with Gasteiger partial charge < -0.3 is 10.1 Å². The molecule has 15 heavy (non-hydrogen) atoms. The summed E-state index contributed by atoms with van der Waals surface area (Å²) in [4.78, 5) is 21.2. The lowest BCUT2D eigenvalue weighted by Gasteiger charge is -2.03. The van der Waals surface area contributed by atoms with Gasteiger partial charge in [0.05, 0.1) is 0 Å². The van der Waals surface area contributed by atoms with Crippen LogP contribution in [0.15, 0.2) is 0 Å². The number of carbonyl (C=O) groups excluding carboxylic acids is 2. The van der Waals surface area contributed by atoms with Gasteiger partial charge in [0, 0.05) is 19.4 Å². The van der Waals surface area contributed by atoms with Crippen LogP contribution in [0.5, 0.6) is 0 Å². The molecule has 0 aromatic heterocycles. The second-order valence-electron chi connectivity index (χ2n) is 3.82. The molecule has 0 bridgehead atoms. The van der Waals surface area contributed by atoms with Crippen LogP contribution in [-0.2, 0) is 9.59 Å². The minimum atomic E-state index is 0.123. The van der Waals surface area contributed by atoms with Gasteiger partial charge in [-0.15, -0.1) is 0 Å². The van der Waals surface area contributed by atoms with E-state index in [4.69, 9.17) is 0 Å². The lowest BCUT2D eigenvalue weighted by Crippen LogP contribution is -2.24. The molecule has 0 aromatic rings. The van der Waals surface area contributed by atoms with E-state index in [1.807, 2.05) is 0 Å². The highest BCUT2D eigenvalue weighted by atomic mass is 16.1. The standard InChI is InChI=1S/C12H23NO2/c1-2-3-4-5-6-9-12(15)13-10-7-8-11-14/h11H,2-10H2,1H3,(H,13,15). The van der Waals surface area contributed by atoms with Gasteiger partial charge in [0.15, 0.2) is 0 Å². The van der Waals surface area contributed by atoms with Gasteiger partial charge in [0.2, 0.25) is 5.91 Å². The first-order chi connectivity index (χ1) is 7.31. The second-order valence-corrected chi connectivity index (χ2v) is 3.82. The van der Waals surface area contributed by atoms with Gasteiger partial charge in [-0.3, -0.25) is 4.79 Å². The molecule has 0 aromatic carbocycles. The van der Waals surface area contributed by atoms with E-state index in [-0.39, 0.29) is 5.91 Å². The Kier molecular flexibility index (Phi) is 10.6. The molecule has 3 heteroatoms. The fourth-order valence-electron chi connectivity index (χ4n) is 1.39. The van der Waals surface area contributed by atoms with E-state index >= 15 is 0 Å². The van der Waals surface area contributed by atoms with Crippen molar-refractivity contribution in [3.63, 3.8) is 0 Å². The predicted molar refractivity (Wildman–Crippen MR) is 61.7 cm³/mol. The van der Waals surface area contributed by atoms with Crippen LogP contribution in [0, 0.1) is 0 Å². The van der Waals surface area contributed by atoms with Crippen molar-refractivity contribution in [1.82, 2.24) is 5.32 Å². The van der Waals surface area contributed by atoms with Crippen molar-refractivity contribution in [2.24, 2.45) is 0 Å². The summed E-state index contributed by atoms with van der Waals surface area (Å²) in [5.41, 5.74) is 0. The molecule has 0 fully saturated rings. The minimum Gasteiger partial charge on any atom is -0.356 e. The van der Waals surface area contributed by atoms with Crippen LogP contribution < -0.4 is 5.32 Å². The Morgan fingerprint density at radius 2 is 1.87 bits per heavy atom. The summed E-state index contributed by atoms with van der Waals surface area (Å²) in [5.74, 6) is 0.123. The summed E-state index contributed by atoms with van der Waals surface area (Å²) in [7, 11) is 0. The van der Waals surface area contributed by atoms with Crippen molar-refractivity contribution >= 4 is 12.2 Å². The van der Waals surface area contributed by atoms with E-state index in [0.717, 1.165) is 25.5 Å². The number of unbranched alkanes of at least 4 members (excludes halogenated alkanes) is 5. The van der Waals surface area contributed by atoms with Gasteiger partial charge in [-0.2, -0.15) is 0 Å². The molecule has 0 saturated carbocycles. The topological polar surface area (TPSA) is 46.2 Å². The number of amides is 1. The fourth-order valence-corrected chi connectivity index (χ4v) is 1.39. The first kappa shape index (κ1) is 14.1. The molecule has 88 valence electrons. The van der Waals surface area contributed by atoms with Crippen molar-refractivity contribution in [1.29, 1.82) is 0 Å². The molecule has 0 aliphatic rings. The first-order valence-corrected chi connectivity index (χ1v) is 6.01. The SMILES string of the molecule is CCCCCCCC(=O)NCCCC=O. The van der Waals surface area contributed by atoms with Gasteiger partial charge in [-0.25, -0.2) is 0 Å². The zero-order valence-corrected chi connectivity index (χ0v) is 9.76. The minimum absolute atomic E-state index is 0.123. The Morgan fingerprint density at radius 1 is 1.13 bits per heavy atom. The predicted octanol–water partition coefficient (Wildman–Crippen LogP) is 2.44. The third-order valence-electron chi connectivity index (χ3n) is 2.33. The van der Waals surface area contributed by atoms with Crippen LogP contribution in [0.2, 0.25) is 0 Å². The summed E-state index contributed by atoms with van der Waals surface area (Å²) in [5, 5.41) is 2.81. The number of hydrogen-bond acceptors (Lipinski definition) is 2. The molecule has 0 aliphatic carbocycles. The Bertz CT molecular complexity index is 169. The Balaban J connectivity index is 3.15. The number of rotatable bonds is 10. The molecule has 0 saturated heterocycles. The summed E-state index contributed by atoms with van der Waals surface area (Å²) in [6.45, 7) is 2.81. The molecule has 0 aliphatic heterocycles. The van der Waals surface area contributed by atoms with E-state index in [9.17, 15) is 9.59 Å². The molecule has 3 nitrogen and oxygen atoms in total. The maximum Gasteiger partial charge on any atom is 0.219 e. The number of nitrogens with one attached hydrogen (secondary N) is 1. The van der Waals surface area contributed by atoms with Crippen LogP contribution in [0.4, 0.5) is 0 Å². The summed E-state index contributed by atoms with van der Waals surface area (Å²) >= 11 is 0. The molecular weight excluding hydrogens is 190 g/mol. The van der Waals surface area contributed by atoms with Crippen molar-refractivity contribution in [3.05, 3.63) is 0 Å². The summed E-state index contributed by atoms with van der Waals surface area (Å²) in [6, 6.07) is 0. The first-order valence-electron chi connectivity index (χ1n) is 6.01. The third-order valence-corrected chi connectivity index (χ3v) is 2.33. The van der Waals surface area contributed by atoms with Crippen molar-refractivity contribution in [2.75, 3.05) is 6.54 Å². The van der Waals surface area contributed by atoms with Gasteiger partial charge in [0.1, 0.15) is 6.29 Å². The van der Waals surface area contributed by atoms with Crippen LogP contribution in [0.3, 0.4) is 0 Å². The Labute approximate surface area is 92.6 Å². The van der Waals surface area contributed by atoms with Crippen LogP contribution in [-0.4, -0.2) is 18.7 Å². The number of aldehydes is 1. The number of hydrogen-bond donors (Lipinski definition) is 1. The van der Waals surface area contributed by atoms with Crippen LogP contribution >= 0.6 is 0 Å². The molecule has 1 amide bonds. The molecule has 0 atom stereocenters. The third kappa shape index (κ3) is 11.1. The highest BCUT2D eigenvalue weighted by Gasteiger charge is 1.99. The van der Waals surface area contributed by atoms with Gasteiger partial charge in [0.25, 0.3) is 0 Å². The highest BCUT2D eigenvalue weighted by molar-refractivity contribution is 5.75. The average Bonchev–Trinajstić information content (AvgIpc) is 2.24. The van der Waals surface area contributed by atoms with E-state index in [1.165, 1.54) is 19.3 Å². The summed E-state index contributed by atoms with van der Waals surface area (Å²) < 4.78 is 0. The molecule has 0 spiro atoms. The molecular formula is C12H23NO2. The quantitative estimate of drug-likeness (QED) is 0.447. The van der Waals surface area contributed by atoms with Crippen molar-refractivity contribution in [3.8, 4) is 0 Å². The lowest BCUT2D eigenvalue weighted by molar-refractivity contribution is -0.121. The average molecular weight is 213 g/mol. The van der Waals surface area contributed by atoms with Gasteiger partial charge in [-0.1, -0.05) is 32.6 Å². The van der Waals surface area contributed by atoms with Crippen molar-refractivity contribution in [2.45, 2.75) is 58.3 Å². The van der Waals surface area contributed by atoms with Crippen LogP contribution in [0.25, 0.3) is 0 Å². The van der Waals surface area contributed by atoms with Crippen molar-refractivity contribution < 1.29 is 9.59 Å².